The molecule has 0 spiro atoms. The molecule has 5 nitrogen and oxygen atoms in total. The van der Waals surface area contributed by atoms with Gasteiger partial charge in [0.15, 0.2) is 0 Å². The molecule has 6 heteroatoms. The number of rotatable bonds is 7. The van der Waals surface area contributed by atoms with E-state index in [1.165, 1.54) is 16.7 Å². The lowest BCUT2D eigenvalue weighted by Crippen LogP contribution is -2.31. The highest BCUT2D eigenvalue weighted by atomic mass is 32.2. The van der Waals surface area contributed by atoms with Gasteiger partial charge in [-0.05, 0) is 47.9 Å². The Balaban J connectivity index is 1.96. The van der Waals surface area contributed by atoms with Gasteiger partial charge in [-0.15, -0.1) is 11.8 Å². The molecule has 0 saturated carbocycles. The summed E-state index contributed by atoms with van der Waals surface area (Å²) in [5.41, 5.74) is 2.01. The maximum Gasteiger partial charge on any atom is 0.272 e. The van der Waals surface area contributed by atoms with Crippen molar-refractivity contribution >= 4 is 34.8 Å². The fourth-order valence-electron chi connectivity index (χ4n) is 3.01. The van der Waals surface area contributed by atoms with Crippen LogP contribution in [0.2, 0.25) is 0 Å². The number of hydrogen-bond acceptors (Lipinski definition) is 5. The van der Waals surface area contributed by atoms with Gasteiger partial charge in [-0.25, -0.2) is 4.90 Å². The monoisotopic (exact) mass is 420 g/mol. The van der Waals surface area contributed by atoms with Gasteiger partial charge in [0, 0.05) is 5.25 Å². The Bertz CT molecular complexity index is 1020. The van der Waals surface area contributed by atoms with Crippen LogP contribution in [0, 0.1) is 17.2 Å². The van der Waals surface area contributed by atoms with Crippen molar-refractivity contribution in [3.8, 4) is 11.8 Å². The minimum atomic E-state index is -0.358. The summed E-state index contributed by atoms with van der Waals surface area (Å²) < 4.78 is 5.73. The molecule has 30 heavy (non-hydrogen) atoms. The Labute approximate surface area is 181 Å². The predicted molar refractivity (Wildman–Crippen MR) is 120 cm³/mol. The summed E-state index contributed by atoms with van der Waals surface area (Å²) in [7, 11) is 0. The number of nitrogens with zero attached hydrogens (tertiary/aromatic N) is 2. The molecule has 0 unspecified atom stereocenters. The van der Waals surface area contributed by atoms with Crippen LogP contribution in [0.3, 0.4) is 0 Å². The van der Waals surface area contributed by atoms with Crippen molar-refractivity contribution in [3.05, 3.63) is 64.6 Å². The van der Waals surface area contributed by atoms with E-state index in [-0.39, 0.29) is 17.1 Å². The van der Waals surface area contributed by atoms with Crippen LogP contribution < -0.4 is 9.64 Å². The molecule has 0 N–H and O–H groups in total. The van der Waals surface area contributed by atoms with Crippen molar-refractivity contribution in [2.45, 2.75) is 32.9 Å². The van der Waals surface area contributed by atoms with E-state index in [0.29, 0.717) is 39.8 Å². The second-order valence-corrected chi connectivity index (χ2v) is 9.29. The average Bonchev–Trinajstić information content (AvgIpc) is 2.96. The molecule has 1 heterocycles. The van der Waals surface area contributed by atoms with E-state index in [0.717, 1.165) is 5.75 Å². The maximum atomic E-state index is 13.3. The van der Waals surface area contributed by atoms with Crippen LogP contribution >= 0.6 is 11.8 Å². The van der Waals surface area contributed by atoms with Crippen LogP contribution in [-0.4, -0.2) is 23.7 Å². The molecule has 154 valence electrons. The number of hydrogen-bond donors (Lipinski definition) is 0. The Kier molecular flexibility index (Phi) is 6.63. The molecule has 0 atom stereocenters. The smallest absolute Gasteiger partial charge is 0.272 e. The highest BCUT2D eigenvalue weighted by Crippen LogP contribution is 2.40. The molecule has 2 aromatic rings. The molecule has 1 aliphatic rings. The fraction of sp³-hybridized carbons (Fsp3) is 0.292. The third-order valence-corrected chi connectivity index (χ3v) is 5.46. The summed E-state index contributed by atoms with van der Waals surface area (Å²) in [5.74, 6) is 0.450. The quantitative estimate of drug-likeness (QED) is 0.588. The molecule has 3 rings (SSSR count). The number of nitriles is 1. The lowest BCUT2D eigenvalue weighted by molar-refractivity contribution is -0.119. The highest BCUT2D eigenvalue weighted by Gasteiger charge is 2.40. The van der Waals surface area contributed by atoms with Crippen molar-refractivity contribution in [2.24, 2.45) is 5.92 Å². The first-order valence-corrected chi connectivity index (χ1v) is 10.7. The third kappa shape index (κ3) is 4.58. The SMILES string of the molecule is CC(C)COc1ccc(C2=C(SC(C)C)C(=O)N(c3ccc(C#N)cc3)C2=O)cc1. The van der Waals surface area contributed by atoms with Crippen molar-refractivity contribution in [3.63, 3.8) is 0 Å². The normalized spacial score (nSPS) is 14.1. The van der Waals surface area contributed by atoms with Crippen molar-refractivity contribution < 1.29 is 14.3 Å². The van der Waals surface area contributed by atoms with Gasteiger partial charge in [0.1, 0.15) is 5.75 Å². The maximum absolute atomic E-state index is 13.3. The van der Waals surface area contributed by atoms with Gasteiger partial charge in [0.05, 0.1) is 34.4 Å². The van der Waals surface area contributed by atoms with Crippen LogP contribution in [-0.2, 0) is 9.59 Å². The van der Waals surface area contributed by atoms with E-state index in [4.69, 9.17) is 10.00 Å². The number of amides is 2. The minimum Gasteiger partial charge on any atom is -0.493 e. The van der Waals surface area contributed by atoms with E-state index in [1.807, 2.05) is 44.2 Å². The van der Waals surface area contributed by atoms with E-state index < -0.39 is 0 Å². The summed E-state index contributed by atoms with van der Waals surface area (Å²) in [6.07, 6.45) is 0. The summed E-state index contributed by atoms with van der Waals surface area (Å²) in [4.78, 5) is 28.1. The van der Waals surface area contributed by atoms with Crippen molar-refractivity contribution in [1.29, 1.82) is 5.26 Å². The van der Waals surface area contributed by atoms with Gasteiger partial charge in [-0.1, -0.05) is 39.8 Å². The topological polar surface area (TPSA) is 70.4 Å². The Morgan fingerprint density at radius 3 is 2.13 bits per heavy atom. The van der Waals surface area contributed by atoms with Gasteiger partial charge < -0.3 is 4.74 Å². The molecule has 0 saturated heterocycles. The number of carbonyl (C=O) groups excluding carboxylic acids is 2. The van der Waals surface area contributed by atoms with E-state index >= 15 is 0 Å². The Morgan fingerprint density at radius 1 is 0.967 bits per heavy atom. The molecule has 0 fully saturated rings. The van der Waals surface area contributed by atoms with Crippen LogP contribution in [0.25, 0.3) is 5.57 Å². The second-order valence-electron chi connectivity index (χ2n) is 7.70. The number of imide groups is 1. The first kappa shape index (κ1) is 21.7. The number of thioether (sulfide) groups is 1. The largest absolute Gasteiger partial charge is 0.493 e. The number of carbonyl (C=O) groups is 2. The molecule has 2 aromatic carbocycles. The zero-order valence-corrected chi connectivity index (χ0v) is 18.3. The molecule has 1 aliphatic heterocycles. The molecular formula is C24H24N2O3S. The minimum absolute atomic E-state index is 0.140. The van der Waals surface area contributed by atoms with Gasteiger partial charge in [0.25, 0.3) is 11.8 Å². The number of ether oxygens (including phenoxy) is 1. The van der Waals surface area contributed by atoms with Crippen molar-refractivity contribution in [2.75, 3.05) is 11.5 Å². The van der Waals surface area contributed by atoms with Crippen LogP contribution in [0.15, 0.2) is 53.4 Å². The van der Waals surface area contributed by atoms with Gasteiger partial charge in [-0.3, -0.25) is 9.59 Å². The number of benzene rings is 2. The van der Waals surface area contributed by atoms with Crippen LogP contribution in [0.4, 0.5) is 5.69 Å². The molecule has 0 aromatic heterocycles. The summed E-state index contributed by atoms with van der Waals surface area (Å²) in [6, 6.07) is 15.8. The lowest BCUT2D eigenvalue weighted by atomic mass is 10.1. The Hall–Kier alpha value is -3.04. The highest BCUT2D eigenvalue weighted by molar-refractivity contribution is 8.04. The summed E-state index contributed by atoms with van der Waals surface area (Å²) in [6.45, 7) is 8.74. The van der Waals surface area contributed by atoms with E-state index in [9.17, 15) is 9.59 Å². The van der Waals surface area contributed by atoms with Gasteiger partial charge in [0.2, 0.25) is 0 Å². The predicted octanol–water partition coefficient (Wildman–Crippen LogP) is 5.02. The summed E-state index contributed by atoms with van der Waals surface area (Å²) in [5, 5.41) is 9.14. The first-order chi connectivity index (χ1) is 14.3. The summed E-state index contributed by atoms with van der Waals surface area (Å²) >= 11 is 1.39. The van der Waals surface area contributed by atoms with E-state index in [2.05, 4.69) is 13.8 Å². The standard InChI is InChI=1S/C24H24N2O3S/c1-15(2)14-29-20-11-7-18(8-12-20)21-22(30-16(3)4)24(28)26(23(21)27)19-9-5-17(13-25)6-10-19/h5-12,15-16H,14H2,1-4H3. The molecule has 0 radical (unpaired) electrons. The lowest BCUT2D eigenvalue weighted by Gasteiger charge is -2.15. The Morgan fingerprint density at radius 2 is 1.60 bits per heavy atom. The zero-order valence-electron chi connectivity index (χ0n) is 17.5. The molecule has 2 amide bonds. The zero-order chi connectivity index (χ0) is 21.8. The molecular weight excluding hydrogens is 396 g/mol. The van der Waals surface area contributed by atoms with Crippen LogP contribution in [0.5, 0.6) is 5.75 Å². The third-order valence-electron chi connectivity index (χ3n) is 4.38. The molecule has 0 aliphatic carbocycles. The number of anilines is 1. The molecule has 0 bridgehead atoms. The van der Waals surface area contributed by atoms with Crippen LogP contribution in [0.1, 0.15) is 38.8 Å². The average molecular weight is 421 g/mol. The van der Waals surface area contributed by atoms with Gasteiger partial charge >= 0.3 is 0 Å². The fourth-order valence-corrected chi connectivity index (χ4v) is 4.00. The first-order valence-electron chi connectivity index (χ1n) is 9.85. The van der Waals surface area contributed by atoms with Crippen molar-refractivity contribution in [1.82, 2.24) is 0 Å². The second kappa shape index (κ2) is 9.19. The van der Waals surface area contributed by atoms with Gasteiger partial charge in [-0.2, -0.15) is 5.26 Å². The van der Waals surface area contributed by atoms with E-state index in [1.54, 1.807) is 24.3 Å².